The lowest BCUT2D eigenvalue weighted by Crippen LogP contribution is -2.34. The van der Waals surface area contributed by atoms with Gasteiger partial charge in [0.05, 0.1) is 6.04 Å². The molecule has 0 saturated carbocycles. The third-order valence-electron chi connectivity index (χ3n) is 3.97. The van der Waals surface area contributed by atoms with Crippen molar-refractivity contribution in [3.8, 4) is 5.75 Å². The molecule has 0 spiro atoms. The van der Waals surface area contributed by atoms with Crippen LogP contribution < -0.4 is 10.1 Å². The normalized spacial score (nSPS) is 16.5. The molecule has 1 aliphatic carbocycles. The van der Waals surface area contributed by atoms with Gasteiger partial charge in [0.1, 0.15) is 5.75 Å². The van der Waals surface area contributed by atoms with Crippen LogP contribution in [0.1, 0.15) is 30.0 Å². The van der Waals surface area contributed by atoms with Gasteiger partial charge in [0.2, 0.25) is 0 Å². The number of halogens is 2. The molecule has 2 aromatic rings. The largest absolute Gasteiger partial charge is 0.484 e. The van der Waals surface area contributed by atoms with Crippen molar-refractivity contribution in [1.29, 1.82) is 0 Å². The van der Waals surface area contributed by atoms with E-state index in [-0.39, 0.29) is 24.3 Å². The van der Waals surface area contributed by atoms with Gasteiger partial charge < -0.3 is 10.1 Å². The number of amides is 1. The van der Waals surface area contributed by atoms with Gasteiger partial charge >= 0.3 is 0 Å². The fourth-order valence-electron chi connectivity index (χ4n) is 2.86. The van der Waals surface area contributed by atoms with E-state index >= 15 is 0 Å². The third-order valence-corrected chi connectivity index (χ3v) is 3.97. The first kappa shape index (κ1) is 15.5. The van der Waals surface area contributed by atoms with Crippen LogP contribution in [0.5, 0.6) is 5.75 Å². The van der Waals surface area contributed by atoms with Crippen LogP contribution in [0.2, 0.25) is 0 Å². The Kier molecular flexibility index (Phi) is 4.55. The fourth-order valence-corrected chi connectivity index (χ4v) is 2.86. The van der Waals surface area contributed by atoms with Crippen LogP contribution in [0.3, 0.4) is 0 Å². The van der Waals surface area contributed by atoms with Crippen molar-refractivity contribution in [3.63, 3.8) is 0 Å². The maximum atomic E-state index is 13.1. The zero-order valence-corrected chi connectivity index (χ0v) is 12.5. The Morgan fingerprint density at radius 1 is 1.17 bits per heavy atom. The number of hydrogen-bond acceptors (Lipinski definition) is 2. The second-order valence-corrected chi connectivity index (χ2v) is 5.58. The molecular formula is C18H17F2NO2. The zero-order valence-electron chi connectivity index (χ0n) is 12.5. The Morgan fingerprint density at radius 2 is 2.00 bits per heavy atom. The maximum absolute atomic E-state index is 13.1. The predicted octanol–water partition coefficient (Wildman–Crippen LogP) is 3.54. The van der Waals surface area contributed by atoms with Crippen molar-refractivity contribution in [2.24, 2.45) is 0 Å². The second kappa shape index (κ2) is 6.77. The van der Waals surface area contributed by atoms with E-state index in [9.17, 15) is 13.6 Å². The Hall–Kier alpha value is -2.43. The summed E-state index contributed by atoms with van der Waals surface area (Å²) >= 11 is 0. The van der Waals surface area contributed by atoms with Gasteiger partial charge in [0.15, 0.2) is 18.2 Å². The highest BCUT2D eigenvalue weighted by molar-refractivity contribution is 5.78. The van der Waals surface area contributed by atoms with Gasteiger partial charge in [-0.1, -0.05) is 24.3 Å². The van der Waals surface area contributed by atoms with Crippen LogP contribution in [0, 0.1) is 11.6 Å². The summed E-state index contributed by atoms with van der Waals surface area (Å²) in [7, 11) is 0. The fraction of sp³-hybridized carbons (Fsp3) is 0.278. The third kappa shape index (κ3) is 3.67. The van der Waals surface area contributed by atoms with Gasteiger partial charge in [-0.15, -0.1) is 0 Å². The number of rotatable bonds is 4. The summed E-state index contributed by atoms with van der Waals surface area (Å²) in [6.45, 7) is -0.232. The van der Waals surface area contributed by atoms with Gasteiger partial charge in [0.25, 0.3) is 5.91 Å². The van der Waals surface area contributed by atoms with Crippen molar-refractivity contribution in [2.45, 2.75) is 25.3 Å². The van der Waals surface area contributed by atoms with Crippen molar-refractivity contribution < 1.29 is 18.3 Å². The van der Waals surface area contributed by atoms with Crippen molar-refractivity contribution in [1.82, 2.24) is 5.32 Å². The number of carbonyl (C=O) groups is 1. The Balaban J connectivity index is 1.59. The van der Waals surface area contributed by atoms with E-state index in [0.29, 0.717) is 0 Å². The molecule has 1 N–H and O–H groups in total. The summed E-state index contributed by atoms with van der Waals surface area (Å²) in [5, 5.41) is 2.94. The van der Waals surface area contributed by atoms with E-state index in [1.54, 1.807) is 0 Å². The van der Waals surface area contributed by atoms with Gasteiger partial charge in [0, 0.05) is 6.07 Å². The topological polar surface area (TPSA) is 38.3 Å². The minimum absolute atomic E-state index is 0.0268. The second-order valence-electron chi connectivity index (χ2n) is 5.58. The molecule has 0 aliphatic heterocycles. The van der Waals surface area contributed by atoms with Crippen LogP contribution in [0.4, 0.5) is 8.78 Å². The molecule has 0 bridgehead atoms. The molecule has 0 radical (unpaired) electrons. The molecule has 0 heterocycles. The highest BCUT2D eigenvalue weighted by Gasteiger charge is 2.21. The first-order valence-electron chi connectivity index (χ1n) is 7.58. The summed E-state index contributed by atoms with van der Waals surface area (Å²) in [4.78, 5) is 12.0. The molecule has 0 fully saturated rings. The summed E-state index contributed by atoms with van der Waals surface area (Å²) in [6.07, 6.45) is 2.92. The summed E-state index contributed by atoms with van der Waals surface area (Å²) in [5.74, 6) is -2.09. The van der Waals surface area contributed by atoms with E-state index in [0.717, 1.165) is 37.0 Å². The number of fused-ring (bicyclic) bond motifs is 1. The lowest BCUT2D eigenvalue weighted by Gasteiger charge is -2.26. The first-order chi connectivity index (χ1) is 11.1. The average Bonchev–Trinajstić information content (AvgIpc) is 2.56. The Morgan fingerprint density at radius 3 is 2.83 bits per heavy atom. The van der Waals surface area contributed by atoms with Crippen LogP contribution in [0.15, 0.2) is 42.5 Å². The number of aryl methyl sites for hydroxylation is 1. The Bertz CT molecular complexity index is 718. The number of hydrogen-bond donors (Lipinski definition) is 1. The van der Waals surface area contributed by atoms with Gasteiger partial charge in [-0.25, -0.2) is 8.78 Å². The number of benzene rings is 2. The summed E-state index contributed by atoms with van der Waals surface area (Å²) in [5.41, 5.74) is 2.39. The van der Waals surface area contributed by atoms with Gasteiger partial charge in [-0.05, 0) is 42.5 Å². The quantitative estimate of drug-likeness (QED) is 0.937. The average molecular weight is 317 g/mol. The van der Waals surface area contributed by atoms with Gasteiger partial charge in [-0.2, -0.15) is 0 Å². The van der Waals surface area contributed by atoms with Crippen LogP contribution >= 0.6 is 0 Å². The lowest BCUT2D eigenvalue weighted by atomic mass is 9.88. The molecular weight excluding hydrogens is 300 g/mol. The minimum Gasteiger partial charge on any atom is -0.484 e. The SMILES string of the molecule is O=C(COc1ccc(F)c(F)c1)NC1CCCc2ccccc21. The lowest BCUT2D eigenvalue weighted by molar-refractivity contribution is -0.124. The summed E-state index contributed by atoms with van der Waals surface area (Å²) < 4.78 is 31.1. The van der Waals surface area contributed by atoms with Crippen LogP contribution in [0.25, 0.3) is 0 Å². The molecule has 3 nitrogen and oxygen atoms in total. The molecule has 0 aromatic heterocycles. The first-order valence-corrected chi connectivity index (χ1v) is 7.58. The molecule has 0 saturated heterocycles. The zero-order chi connectivity index (χ0) is 16.2. The number of ether oxygens (including phenoxy) is 1. The van der Waals surface area contributed by atoms with E-state index in [2.05, 4.69) is 11.4 Å². The maximum Gasteiger partial charge on any atom is 0.258 e. The Labute approximate surface area is 133 Å². The molecule has 1 unspecified atom stereocenters. The highest BCUT2D eigenvalue weighted by atomic mass is 19.2. The monoisotopic (exact) mass is 317 g/mol. The minimum atomic E-state index is -0.996. The molecule has 2 aromatic carbocycles. The van der Waals surface area contributed by atoms with E-state index < -0.39 is 11.6 Å². The summed E-state index contributed by atoms with van der Waals surface area (Å²) in [6, 6.07) is 11.2. The highest BCUT2D eigenvalue weighted by Crippen LogP contribution is 2.29. The molecule has 3 rings (SSSR count). The van der Waals surface area contributed by atoms with E-state index in [1.807, 2.05) is 18.2 Å². The van der Waals surface area contributed by atoms with E-state index in [4.69, 9.17) is 4.74 Å². The predicted molar refractivity (Wildman–Crippen MR) is 82.1 cm³/mol. The van der Waals surface area contributed by atoms with Crippen molar-refractivity contribution in [2.75, 3.05) is 6.61 Å². The van der Waals surface area contributed by atoms with Crippen molar-refractivity contribution in [3.05, 3.63) is 65.2 Å². The van der Waals surface area contributed by atoms with Crippen LogP contribution in [-0.4, -0.2) is 12.5 Å². The smallest absolute Gasteiger partial charge is 0.258 e. The van der Waals surface area contributed by atoms with Crippen molar-refractivity contribution >= 4 is 5.91 Å². The van der Waals surface area contributed by atoms with Crippen LogP contribution in [-0.2, 0) is 11.2 Å². The molecule has 1 atom stereocenters. The number of carbonyl (C=O) groups excluding carboxylic acids is 1. The molecule has 1 aliphatic rings. The molecule has 120 valence electrons. The molecule has 1 amide bonds. The molecule has 23 heavy (non-hydrogen) atoms. The number of nitrogens with one attached hydrogen (secondary N) is 1. The van der Waals surface area contributed by atoms with Gasteiger partial charge in [-0.3, -0.25) is 4.79 Å². The van der Waals surface area contributed by atoms with E-state index in [1.165, 1.54) is 11.6 Å². The standard InChI is InChI=1S/C18H17F2NO2/c19-15-9-8-13(10-16(15)20)23-11-18(22)21-17-7-3-5-12-4-1-2-6-14(12)17/h1-2,4,6,8-10,17H,3,5,7,11H2,(H,21,22). The molecule has 5 heteroatoms.